The summed E-state index contributed by atoms with van der Waals surface area (Å²) >= 11 is 0. The van der Waals surface area contributed by atoms with Gasteiger partial charge >= 0.3 is 5.97 Å². The maximum Gasteiger partial charge on any atom is 0.326 e. The van der Waals surface area contributed by atoms with Crippen LogP contribution in [0.2, 0.25) is 0 Å². The molecule has 100 valence electrons. The van der Waals surface area contributed by atoms with Crippen LogP contribution in [0.1, 0.15) is 19.3 Å². The Labute approximate surface area is 103 Å². The Bertz CT molecular complexity index is 393. The quantitative estimate of drug-likeness (QED) is 0.556. The van der Waals surface area contributed by atoms with E-state index >= 15 is 0 Å². The SMILES string of the molecule is CN1N=C(C(=O)N[C@H](CCO)C(=O)O)CCC1=O. The minimum absolute atomic E-state index is 0.0802. The van der Waals surface area contributed by atoms with E-state index in [-0.39, 0.29) is 37.5 Å². The average Bonchev–Trinajstić information content (AvgIpc) is 2.31. The second kappa shape index (κ2) is 6.10. The topological polar surface area (TPSA) is 119 Å². The van der Waals surface area contributed by atoms with Crippen molar-refractivity contribution in [1.82, 2.24) is 10.3 Å². The number of aliphatic carboxylic acids is 1. The van der Waals surface area contributed by atoms with Crippen molar-refractivity contribution >= 4 is 23.5 Å². The summed E-state index contributed by atoms with van der Waals surface area (Å²) in [6.07, 6.45) is 0.268. The molecule has 0 aliphatic carbocycles. The molecular formula is C10H15N3O5. The van der Waals surface area contributed by atoms with Gasteiger partial charge in [-0.3, -0.25) is 9.59 Å². The number of nitrogens with zero attached hydrogens (tertiary/aromatic N) is 2. The Morgan fingerprint density at radius 1 is 1.50 bits per heavy atom. The summed E-state index contributed by atoms with van der Waals surface area (Å²) in [4.78, 5) is 33.7. The van der Waals surface area contributed by atoms with Gasteiger partial charge in [-0.05, 0) is 0 Å². The Morgan fingerprint density at radius 2 is 2.17 bits per heavy atom. The van der Waals surface area contributed by atoms with Crippen molar-refractivity contribution in [2.75, 3.05) is 13.7 Å². The molecule has 1 rings (SSSR count). The number of carboxylic acid groups (broad SMARTS) is 1. The zero-order valence-corrected chi connectivity index (χ0v) is 9.92. The van der Waals surface area contributed by atoms with E-state index in [9.17, 15) is 14.4 Å². The second-order valence-electron chi connectivity index (χ2n) is 3.84. The Kier molecular flexibility index (Phi) is 4.78. The Hall–Kier alpha value is -1.96. The van der Waals surface area contributed by atoms with Crippen LogP contribution in [0.4, 0.5) is 0 Å². The lowest BCUT2D eigenvalue weighted by atomic mass is 10.1. The number of carbonyl (C=O) groups is 3. The molecule has 1 aliphatic heterocycles. The number of nitrogens with one attached hydrogen (secondary N) is 1. The van der Waals surface area contributed by atoms with E-state index in [4.69, 9.17) is 10.2 Å². The molecular weight excluding hydrogens is 242 g/mol. The molecule has 0 bridgehead atoms. The molecule has 8 heteroatoms. The number of aliphatic hydroxyl groups excluding tert-OH is 1. The zero-order chi connectivity index (χ0) is 13.7. The first kappa shape index (κ1) is 14.1. The van der Waals surface area contributed by atoms with E-state index in [0.29, 0.717) is 0 Å². The first-order valence-electron chi connectivity index (χ1n) is 5.44. The van der Waals surface area contributed by atoms with Gasteiger partial charge in [0, 0.05) is 32.9 Å². The van der Waals surface area contributed by atoms with E-state index in [2.05, 4.69) is 10.4 Å². The summed E-state index contributed by atoms with van der Waals surface area (Å²) in [5.74, 6) is -2.05. The van der Waals surface area contributed by atoms with Gasteiger partial charge in [0.05, 0.1) is 0 Å². The molecule has 0 fully saturated rings. The Morgan fingerprint density at radius 3 is 2.67 bits per heavy atom. The maximum absolute atomic E-state index is 11.7. The number of aliphatic hydroxyl groups is 1. The predicted octanol–water partition coefficient (Wildman–Crippen LogP) is -1.45. The number of carboxylic acids is 1. The van der Waals surface area contributed by atoms with Gasteiger partial charge in [0.1, 0.15) is 11.8 Å². The summed E-state index contributed by atoms with van der Waals surface area (Å²) in [6.45, 7) is -0.345. The van der Waals surface area contributed by atoms with Crippen LogP contribution in [0, 0.1) is 0 Å². The third-order valence-corrected chi connectivity index (χ3v) is 2.49. The monoisotopic (exact) mass is 257 g/mol. The minimum atomic E-state index is -1.22. The van der Waals surface area contributed by atoms with Crippen LogP contribution in [0.5, 0.6) is 0 Å². The highest BCUT2D eigenvalue weighted by Crippen LogP contribution is 2.07. The van der Waals surface area contributed by atoms with Gasteiger partial charge in [0.15, 0.2) is 0 Å². The first-order valence-corrected chi connectivity index (χ1v) is 5.44. The molecule has 0 aromatic rings. The highest BCUT2D eigenvalue weighted by Gasteiger charge is 2.25. The molecule has 18 heavy (non-hydrogen) atoms. The fraction of sp³-hybridized carbons (Fsp3) is 0.600. The molecule has 1 atom stereocenters. The molecule has 0 spiro atoms. The lowest BCUT2D eigenvalue weighted by Crippen LogP contribution is -2.46. The highest BCUT2D eigenvalue weighted by atomic mass is 16.4. The molecule has 0 unspecified atom stereocenters. The average molecular weight is 257 g/mol. The van der Waals surface area contributed by atoms with E-state index in [1.807, 2.05) is 0 Å². The van der Waals surface area contributed by atoms with Gasteiger partial charge in [0.25, 0.3) is 5.91 Å². The van der Waals surface area contributed by atoms with E-state index in [0.717, 1.165) is 5.01 Å². The van der Waals surface area contributed by atoms with E-state index < -0.39 is 17.9 Å². The number of rotatable bonds is 5. The largest absolute Gasteiger partial charge is 0.480 e. The molecule has 2 amide bonds. The van der Waals surface area contributed by atoms with Crippen LogP contribution in [0.15, 0.2) is 5.10 Å². The van der Waals surface area contributed by atoms with Crippen molar-refractivity contribution in [3.05, 3.63) is 0 Å². The van der Waals surface area contributed by atoms with Crippen LogP contribution in [0.25, 0.3) is 0 Å². The van der Waals surface area contributed by atoms with Crippen LogP contribution in [-0.2, 0) is 14.4 Å². The van der Waals surface area contributed by atoms with Gasteiger partial charge in [-0.2, -0.15) is 5.10 Å². The van der Waals surface area contributed by atoms with Crippen molar-refractivity contribution in [1.29, 1.82) is 0 Å². The summed E-state index contributed by atoms with van der Waals surface area (Å²) in [7, 11) is 1.43. The maximum atomic E-state index is 11.7. The lowest BCUT2D eigenvalue weighted by molar-refractivity contribution is -0.141. The highest BCUT2D eigenvalue weighted by molar-refractivity contribution is 6.39. The fourth-order valence-corrected chi connectivity index (χ4v) is 1.46. The molecule has 1 aliphatic rings. The predicted molar refractivity (Wildman–Crippen MR) is 60.7 cm³/mol. The van der Waals surface area contributed by atoms with Crippen molar-refractivity contribution in [2.24, 2.45) is 5.10 Å². The summed E-state index contributed by atoms with van der Waals surface area (Å²) in [6, 6.07) is -1.16. The number of hydrogen-bond donors (Lipinski definition) is 3. The zero-order valence-electron chi connectivity index (χ0n) is 9.92. The second-order valence-corrected chi connectivity index (χ2v) is 3.84. The Balaban J connectivity index is 2.67. The van der Waals surface area contributed by atoms with E-state index in [1.54, 1.807) is 0 Å². The van der Waals surface area contributed by atoms with Crippen LogP contribution < -0.4 is 5.32 Å². The molecule has 0 saturated carbocycles. The van der Waals surface area contributed by atoms with Crippen LogP contribution in [-0.4, -0.2) is 58.4 Å². The molecule has 0 saturated heterocycles. The molecule has 3 N–H and O–H groups in total. The minimum Gasteiger partial charge on any atom is -0.480 e. The van der Waals surface area contributed by atoms with E-state index in [1.165, 1.54) is 7.05 Å². The van der Waals surface area contributed by atoms with Crippen LogP contribution in [0.3, 0.4) is 0 Å². The van der Waals surface area contributed by atoms with Crippen LogP contribution >= 0.6 is 0 Å². The van der Waals surface area contributed by atoms with Crippen molar-refractivity contribution in [3.8, 4) is 0 Å². The number of carbonyl (C=O) groups excluding carboxylic acids is 2. The normalized spacial score (nSPS) is 17.1. The smallest absolute Gasteiger partial charge is 0.326 e. The van der Waals surface area contributed by atoms with Crippen molar-refractivity contribution in [2.45, 2.75) is 25.3 Å². The summed E-state index contributed by atoms with van der Waals surface area (Å²) in [5, 5.41) is 24.6. The van der Waals surface area contributed by atoms with Crippen molar-refractivity contribution < 1.29 is 24.6 Å². The standard InChI is InChI=1S/C10H15N3O5/c1-13-8(15)3-2-6(12-13)9(16)11-7(4-5-14)10(17)18/h7,14H,2-5H2,1H3,(H,11,16)(H,17,18)/t7-/m1/s1. The number of hydrazone groups is 1. The molecule has 0 aromatic heterocycles. The molecule has 0 radical (unpaired) electrons. The molecule has 8 nitrogen and oxygen atoms in total. The van der Waals surface area contributed by atoms with Gasteiger partial charge in [-0.15, -0.1) is 0 Å². The first-order chi connectivity index (χ1) is 8.45. The molecule has 1 heterocycles. The van der Waals surface area contributed by atoms with Gasteiger partial charge < -0.3 is 15.5 Å². The third-order valence-electron chi connectivity index (χ3n) is 2.49. The third kappa shape index (κ3) is 3.52. The molecule has 0 aromatic carbocycles. The lowest BCUT2D eigenvalue weighted by Gasteiger charge is -2.20. The summed E-state index contributed by atoms with van der Waals surface area (Å²) < 4.78 is 0. The summed E-state index contributed by atoms with van der Waals surface area (Å²) in [5.41, 5.74) is 0.112. The number of amides is 2. The van der Waals surface area contributed by atoms with Gasteiger partial charge in [0.2, 0.25) is 5.91 Å². The fourth-order valence-electron chi connectivity index (χ4n) is 1.46. The van der Waals surface area contributed by atoms with Gasteiger partial charge in [-0.25, -0.2) is 9.80 Å². The number of hydrogen-bond acceptors (Lipinski definition) is 5. The van der Waals surface area contributed by atoms with Crippen molar-refractivity contribution in [3.63, 3.8) is 0 Å². The van der Waals surface area contributed by atoms with Gasteiger partial charge in [-0.1, -0.05) is 0 Å².